The number of para-hydroxylation sites is 1. The van der Waals surface area contributed by atoms with E-state index in [0.29, 0.717) is 19.0 Å². The summed E-state index contributed by atoms with van der Waals surface area (Å²) < 4.78 is 56.7. The van der Waals surface area contributed by atoms with E-state index in [1.165, 1.54) is 34.7 Å². The molecule has 1 aliphatic heterocycles. The Labute approximate surface area is 169 Å². The maximum atomic E-state index is 12.9. The monoisotopic (exact) mass is 422 g/mol. The van der Waals surface area contributed by atoms with E-state index in [-0.39, 0.29) is 4.90 Å². The number of aryl methyl sites for hydroxylation is 1. The first-order valence-electron chi connectivity index (χ1n) is 9.41. The molecule has 0 amide bonds. The molecule has 2 heterocycles. The van der Waals surface area contributed by atoms with Gasteiger partial charge in [0.05, 0.1) is 4.90 Å². The van der Waals surface area contributed by atoms with Crippen LogP contribution in [0.2, 0.25) is 0 Å². The van der Waals surface area contributed by atoms with E-state index in [0.717, 1.165) is 18.4 Å². The molecular weight excluding hydrogens is 401 g/mol. The van der Waals surface area contributed by atoms with E-state index in [2.05, 4.69) is 34.8 Å². The number of aromatic amines is 1. The lowest BCUT2D eigenvalue weighted by molar-refractivity contribution is -0.275. The van der Waals surface area contributed by atoms with E-state index in [9.17, 15) is 17.4 Å². The summed E-state index contributed by atoms with van der Waals surface area (Å²) in [5.41, 5.74) is 3.53. The van der Waals surface area contributed by atoms with Crippen molar-refractivity contribution in [1.29, 1.82) is 0 Å². The lowest BCUT2D eigenvalue weighted by Crippen LogP contribution is -2.34. The lowest BCUT2D eigenvalue weighted by atomic mass is 9.90. The van der Waals surface area contributed by atoms with Crippen LogP contribution in [-0.4, -0.2) is 32.9 Å². The zero-order valence-corrected chi connectivity index (χ0v) is 16.6. The Morgan fingerprint density at radius 3 is 2.59 bits per heavy atom. The molecule has 1 fully saturated rings. The van der Waals surface area contributed by atoms with Gasteiger partial charge in [-0.05, 0) is 55.5 Å². The van der Waals surface area contributed by atoms with Crippen molar-refractivity contribution in [3.63, 3.8) is 0 Å². The molecule has 4 rings (SSSR count). The maximum absolute atomic E-state index is 12.9. The largest absolute Gasteiger partial charge is 0.573 e. The normalized spacial score (nSPS) is 17.5. The fourth-order valence-corrected chi connectivity index (χ4v) is 5.17. The Balaban J connectivity index is 1.49. The average Bonchev–Trinajstić information content (AvgIpc) is 3.10. The van der Waals surface area contributed by atoms with E-state index in [1.54, 1.807) is 10.4 Å². The van der Waals surface area contributed by atoms with Crippen LogP contribution in [0, 0.1) is 6.92 Å². The fraction of sp³-hybridized carbons (Fsp3) is 0.333. The number of piperidine rings is 1. The Kier molecular flexibility index (Phi) is 5.40. The molecule has 8 heteroatoms. The highest BCUT2D eigenvalue weighted by Gasteiger charge is 2.34. The highest BCUT2D eigenvalue weighted by molar-refractivity contribution is 7.82. The molecule has 29 heavy (non-hydrogen) atoms. The maximum Gasteiger partial charge on any atom is 0.573 e. The zero-order valence-electron chi connectivity index (χ0n) is 15.8. The summed E-state index contributed by atoms with van der Waals surface area (Å²) in [5.74, 6) is -0.0898. The van der Waals surface area contributed by atoms with Gasteiger partial charge in [-0.25, -0.2) is 8.51 Å². The molecule has 2 aromatic carbocycles. The standard InChI is InChI=1S/C21H21F3N2O2S/c1-14-6-7-18-16(12-14)17(13-25-18)15-8-10-26(11-9-15)29(27)20-5-3-2-4-19(20)28-21(22,23)24/h2-7,12-13,15,25H,8-11H2,1H3. The molecule has 1 unspecified atom stereocenters. The van der Waals surface area contributed by atoms with Gasteiger partial charge in [-0.1, -0.05) is 23.8 Å². The molecule has 1 atom stereocenters. The van der Waals surface area contributed by atoms with Crippen LogP contribution in [0.4, 0.5) is 13.2 Å². The summed E-state index contributed by atoms with van der Waals surface area (Å²) in [4.78, 5) is 3.35. The quantitative estimate of drug-likeness (QED) is 0.622. The van der Waals surface area contributed by atoms with Crippen molar-refractivity contribution in [3.05, 3.63) is 59.8 Å². The van der Waals surface area contributed by atoms with Gasteiger partial charge in [-0.2, -0.15) is 0 Å². The summed E-state index contributed by atoms with van der Waals surface area (Å²) in [5, 5.41) is 1.20. The highest BCUT2D eigenvalue weighted by atomic mass is 32.2. The molecule has 0 saturated carbocycles. The van der Waals surface area contributed by atoms with Crippen LogP contribution in [0.5, 0.6) is 5.75 Å². The second-order valence-corrected chi connectivity index (χ2v) is 8.69. The molecule has 3 aromatic rings. The molecule has 1 saturated heterocycles. The summed E-state index contributed by atoms with van der Waals surface area (Å²) in [6.45, 7) is 3.13. The lowest BCUT2D eigenvalue weighted by Gasteiger charge is -2.31. The number of halogens is 3. The number of nitrogens with zero attached hydrogens (tertiary/aromatic N) is 1. The number of hydrogen-bond acceptors (Lipinski definition) is 2. The van der Waals surface area contributed by atoms with Crippen LogP contribution >= 0.6 is 0 Å². The molecule has 154 valence electrons. The van der Waals surface area contributed by atoms with Crippen molar-refractivity contribution in [1.82, 2.24) is 9.29 Å². The van der Waals surface area contributed by atoms with Gasteiger partial charge in [0.25, 0.3) is 0 Å². The number of fused-ring (bicyclic) bond motifs is 1. The summed E-state index contributed by atoms with van der Waals surface area (Å²) >= 11 is 0. The Hall–Kier alpha value is -2.32. The topological polar surface area (TPSA) is 45.3 Å². The molecule has 1 aliphatic rings. The van der Waals surface area contributed by atoms with Crippen LogP contribution < -0.4 is 4.74 Å². The van der Waals surface area contributed by atoms with Crippen LogP contribution in [0.1, 0.15) is 29.9 Å². The van der Waals surface area contributed by atoms with Crippen molar-refractivity contribution >= 4 is 21.9 Å². The van der Waals surface area contributed by atoms with Gasteiger partial charge in [0, 0.05) is 30.2 Å². The number of nitrogens with one attached hydrogen (secondary N) is 1. The molecular formula is C21H21F3N2O2S. The summed E-state index contributed by atoms with van der Waals surface area (Å²) in [6, 6.07) is 11.9. The van der Waals surface area contributed by atoms with E-state index < -0.39 is 23.1 Å². The number of H-pyrrole nitrogens is 1. The first-order valence-corrected chi connectivity index (χ1v) is 10.5. The van der Waals surface area contributed by atoms with Crippen LogP contribution in [-0.2, 0) is 11.0 Å². The Bertz CT molecular complexity index is 1040. The minimum Gasteiger partial charge on any atom is -0.404 e. The fourth-order valence-electron chi connectivity index (χ4n) is 3.87. The van der Waals surface area contributed by atoms with E-state index in [4.69, 9.17) is 0 Å². The number of hydrogen-bond donors (Lipinski definition) is 1. The first-order chi connectivity index (χ1) is 13.8. The predicted octanol–water partition coefficient (Wildman–Crippen LogP) is 5.28. The van der Waals surface area contributed by atoms with Gasteiger partial charge in [0.1, 0.15) is 16.7 Å². The second kappa shape index (κ2) is 7.84. The van der Waals surface area contributed by atoms with Gasteiger partial charge in [0.15, 0.2) is 0 Å². The van der Waals surface area contributed by atoms with Crippen LogP contribution in [0.3, 0.4) is 0 Å². The molecule has 4 nitrogen and oxygen atoms in total. The SMILES string of the molecule is Cc1ccc2[nH]cc(C3CCN(S(=O)c4ccccc4OC(F)(F)F)CC3)c2c1. The Morgan fingerprint density at radius 2 is 1.86 bits per heavy atom. The van der Waals surface area contributed by atoms with Gasteiger partial charge in [0.2, 0.25) is 0 Å². The van der Waals surface area contributed by atoms with Crippen LogP contribution in [0.25, 0.3) is 10.9 Å². The van der Waals surface area contributed by atoms with E-state index >= 15 is 0 Å². The second-order valence-electron chi connectivity index (χ2n) is 7.24. The average molecular weight is 422 g/mol. The molecule has 0 bridgehead atoms. The van der Waals surface area contributed by atoms with Crippen molar-refractivity contribution in [2.24, 2.45) is 0 Å². The molecule has 0 aliphatic carbocycles. The van der Waals surface area contributed by atoms with E-state index in [1.807, 2.05) is 6.20 Å². The smallest absolute Gasteiger partial charge is 0.404 e. The third kappa shape index (κ3) is 4.33. The Morgan fingerprint density at radius 1 is 1.14 bits per heavy atom. The van der Waals surface area contributed by atoms with Crippen molar-refractivity contribution in [2.45, 2.75) is 36.9 Å². The minimum atomic E-state index is -4.82. The first kappa shape index (κ1) is 20.0. The highest BCUT2D eigenvalue weighted by Crippen LogP contribution is 2.36. The zero-order chi connectivity index (χ0) is 20.6. The minimum absolute atomic E-state index is 0.0472. The molecule has 1 N–H and O–H groups in total. The number of ether oxygens (including phenoxy) is 1. The third-order valence-electron chi connectivity index (χ3n) is 5.26. The van der Waals surface area contributed by atoms with Gasteiger partial charge in [-0.15, -0.1) is 13.2 Å². The molecule has 1 aromatic heterocycles. The number of alkyl halides is 3. The van der Waals surface area contributed by atoms with Crippen molar-refractivity contribution in [3.8, 4) is 5.75 Å². The van der Waals surface area contributed by atoms with Gasteiger partial charge in [-0.3, -0.25) is 0 Å². The van der Waals surface area contributed by atoms with Crippen molar-refractivity contribution < 1.29 is 22.1 Å². The van der Waals surface area contributed by atoms with Gasteiger partial charge >= 0.3 is 6.36 Å². The van der Waals surface area contributed by atoms with Gasteiger partial charge < -0.3 is 9.72 Å². The third-order valence-corrected chi connectivity index (χ3v) is 6.81. The molecule has 0 spiro atoms. The summed E-state index contributed by atoms with van der Waals surface area (Å²) in [7, 11) is -1.71. The number of rotatable bonds is 4. The predicted molar refractivity (Wildman–Crippen MR) is 106 cm³/mol. The number of aromatic nitrogens is 1. The van der Waals surface area contributed by atoms with Crippen LogP contribution in [0.15, 0.2) is 53.6 Å². The molecule has 0 radical (unpaired) electrons. The summed E-state index contributed by atoms with van der Waals surface area (Å²) in [6.07, 6.45) is -1.21. The van der Waals surface area contributed by atoms with Crippen molar-refractivity contribution in [2.75, 3.05) is 13.1 Å². The number of benzene rings is 2.